The molecule has 0 fully saturated rings. The largest absolute Gasteiger partial charge is 0.460 e. The SMILES string of the molecule is C=CCc1ccccc1OP1(O)=NP(Oc2ccccc2)(Oc2ccccc2CC=C)=NP(Oc2ccccc2)(Oc2ccccc2CC=C)=N1. The van der Waals surface area contributed by atoms with Crippen LogP contribution >= 0.6 is 23.0 Å². The molecule has 0 bridgehead atoms. The smallest absolute Gasteiger partial charge is 0.422 e. The van der Waals surface area contributed by atoms with Gasteiger partial charge in [-0.05, 0) is 78.4 Å². The van der Waals surface area contributed by atoms with Gasteiger partial charge in [0.05, 0.1) is 0 Å². The Balaban J connectivity index is 1.67. The van der Waals surface area contributed by atoms with E-state index in [0.29, 0.717) is 48.0 Å². The Kier molecular flexibility index (Phi) is 11.5. The lowest BCUT2D eigenvalue weighted by atomic mass is 10.1. The van der Waals surface area contributed by atoms with E-state index in [1.54, 1.807) is 66.8 Å². The molecule has 0 aliphatic carbocycles. The van der Waals surface area contributed by atoms with Crippen LogP contribution in [0.25, 0.3) is 0 Å². The van der Waals surface area contributed by atoms with Crippen LogP contribution in [0.3, 0.4) is 0 Å². The fourth-order valence-electron chi connectivity index (χ4n) is 5.09. The van der Waals surface area contributed by atoms with Gasteiger partial charge in [0.1, 0.15) is 28.7 Å². The van der Waals surface area contributed by atoms with Crippen LogP contribution in [-0.2, 0) is 19.3 Å². The van der Waals surface area contributed by atoms with E-state index >= 15 is 0 Å². The Morgan fingerprint density at radius 2 is 0.784 bits per heavy atom. The van der Waals surface area contributed by atoms with Gasteiger partial charge < -0.3 is 27.5 Å². The van der Waals surface area contributed by atoms with E-state index in [1.807, 2.05) is 84.9 Å². The van der Waals surface area contributed by atoms with Gasteiger partial charge in [0.2, 0.25) is 0 Å². The fraction of sp³-hybridized carbons (Fsp3) is 0.0769. The van der Waals surface area contributed by atoms with E-state index in [0.717, 1.165) is 16.7 Å². The molecule has 1 N–H and O–H groups in total. The van der Waals surface area contributed by atoms with Crippen molar-refractivity contribution in [3.05, 3.63) is 188 Å². The van der Waals surface area contributed by atoms with Crippen LogP contribution in [0, 0.1) is 0 Å². The third-order valence-corrected chi connectivity index (χ3v) is 15.0. The summed E-state index contributed by atoms with van der Waals surface area (Å²) < 4.78 is 48.3. The Hall–Kier alpha value is -5.03. The van der Waals surface area contributed by atoms with Gasteiger partial charge in [-0.1, -0.05) is 114 Å². The van der Waals surface area contributed by atoms with Crippen molar-refractivity contribution in [3.63, 3.8) is 0 Å². The quantitative estimate of drug-likeness (QED) is 0.0799. The summed E-state index contributed by atoms with van der Waals surface area (Å²) >= 11 is 0. The predicted molar refractivity (Wildman–Crippen MR) is 207 cm³/mol. The number of rotatable bonds is 16. The van der Waals surface area contributed by atoms with E-state index in [4.69, 9.17) is 36.2 Å². The van der Waals surface area contributed by atoms with Gasteiger partial charge in [-0.25, -0.2) is 0 Å². The average molecular weight is 738 g/mol. The third kappa shape index (κ3) is 9.02. The normalized spacial score (nSPS) is 20.6. The van der Waals surface area contributed by atoms with Crippen molar-refractivity contribution in [2.75, 3.05) is 0 Å². The maximum Gasteiger partial charge on any atom is 0.460 e. The minimum Gasteiger partial charge on any atom is -0.422 e. The first-order valence-electron chi connectivity index (χ1n) is 16.1. The first kappa shape index (κ1) is 35.8. The van der Waals surface area contributed by atoms with E-state index in [-0.39, 0.29) is 0 Å². The molecule has 1 aliphatic heterocycles. The van der Waals surface area contributed by atoms with Crippen molar-refractivity contribution in [1.29, 1.82) is 0 Å². The molecule has 3 atom stereocenters. The first-order valence-corrected chi connectivity index (χ1v) is 20.8. The van der Waals surface area contributed by atoms with E-state index in [2.05, 4.69) is 19.7 Å². The number of allylic oxidation sites excluding steroid dienone is 3. The molecule has 51 heavy (non-hydrogen) atoms. The Labute approximate surface area is 299 Å². The number of benzene rings is 5. The zero-order valence-electron chi connectivity index (χ0n) is 27.8. The highest BCUT2D eigenvalue weighted by atomic mass is 31.3. The molecule has 0 radical (unpaired) electrons. The minimum absolute atomic E-state index is 0.359. The molecule has 3 unspecified atom stereocenters. The maximum absolute atomic E-state index is 12.7. The number of hydrogen-bond donors (Lipinski definition) is 1. The highest BCUT2D eigenvalue weighted by Crippen LogP contribution is 2.77. The minimum atomic E-state index is -4.31. The van der Waals surface area contributed by atoms with Crippen LogP contribution in [-0.4, -0.2) is 4.89 Å². The van der Waals surface area contributed by atoms with Crippen LogP contribution in [0.1, 0.15) is 16.7 Å². The second-order valence-corrected chi connectivity index (χ2v) is 17.2. The van der Waals surface area contributed by atoms with Gasteiger partial charge in [0.25, 0.3) is 0 Å². The molecule has 1 aliphatic rings. The lowest BCUT2D eigenvalue weighted by Gasteiger charge is -2.32. The van der Waals surface area contributed by atoms with Crippen molar-refractivity contribution < 1.29 is 27.5 Å². The molecule has 12 heteroatoms. The molecule has 0 saturated heterocycles. The zero-order chi connectivity index (χ0) is 35.6. The monoisotopic (exact) mass is 737 g/mol. The molecule has 0 saturated carbocycles. The summed E-state index contributed by atoms with van der Waals surface area (Å²) in [6.07, 6.45) is 6.74. The first-order chi connectivity index (χ1) is 24.9. The molecule has 6 rings (SSSR count). The number of nitrogens with zero attached hydrogens (tertiary/aromatic N) is 3. The van der Waals surface area contributed by atoms with E-state index < -0.39 is 23.0 Å². The zero-order valence-corrected chi connectivity index (χ0v) is 30.5. The second kappa shape index (κ2) is 16.3. The van der Waals surface area contributed by atoms with Crippen molar-refractivity contribution in [1.82, 2.24) is 0 Å². The number of para-hydroxylation sites is 5. The molecule has 9 nitrogen and oxygen atoms in total. The van der Waals surface area contributed by atoms with Gasteiger partial charge >= 0.3 is 23.0 Å². The summed E-state index contributed by atoms with van der Waals surface area (Å²) in [6.45, 7) is 11.7. The predicted octanol–water partition coefficient (Wildman–Crippen LogP) is 12.4. The van der Waals surface area contributed by atoms with E-state index in [9.17, 15) is 4.89 Å². The van der Waals surface area contributed by atoms with Gasteiger partial charge in [-0.2, -0.15) is 0 Å². The molecular formula is C39H38N3O6P3. The highest BCUT2D eigenvalue weighted by Gasteiger charge is 2.47. The molecule has 5 aromatic rings. The average Bonchev–Trinajstić information content (AvgIpc) is 3.11. The molecule has 0 amide bonds. The molecular weight excluding hydrogens is 699 g/mol. The Morgan fingerprint density at radius 3 is 1.20 bits per heavy atom. The van der Waals surface area contributed by atoms with Crippen LogP contribution in [0.2, 0.25) is 0 Å². The summed E-state index contributed by atoms with van der Waals surface area (Å²) in [4.78, 5) is 12.7. The van der Waals surface area contributed by atoms with Crippen molar-refractivity contribution in [2.24, 2.45) is 13.5 Å². The summed E-state index contributed by atoms with van der Waals surface area (Å²) in [5, 5.41) is 0. The molecule has 260 valence electrons. The molecule has 1 heterocycles. The van der Waals surface area contributed by atoms with Crippen molar-refractivity contribution in [2.45, 2.75) is 19.3 Å². The van der Waals surface area contributed by atoms with E-state index in [1.165, 1.54) is 0 Å². The van der Waals surface area contributed by atoms with Gasteiger partial charge in [-0.15, -0.1) is 28.8 Å². The van der Waals surface area contributed by atoms with Crippen LogP contribution < -0.4 is 22.6 Å². The van der Waals surface area contributed by atoms with Gasteiger partial charge in [0, 0.05) is 0 Å². The number of hydrogen-bond acceptors (Lipinski definition) is 8. The van der Waals surface area contributed by atoms with Crippen LogP contribution in [0.4, 0.5) is 0 Å². The Bertz CT molecular complexity index is 2090. The Morgan fingerprint density at radius 1 is 0.431 bits per heavy atom. The maximum atomic E-state index is 12.7. The second-order valence-electron chi connectivity index (χ2n) is 11.1. The summed E-state index contributed by atoms with van der Waals surface area (Å²) in [5.74, 6) is 2.01. The topological polar surface area (TPSA) is 103 Å². The van der Waals surface area contributed by atoms with Crippen molar-refractivity contribution in [3.8, 4) is 28.7 Å². The fourth-order valence-corrected chi connectivity index (χ4v) is 13.6. The van der Waals surface area contributed by atoms with Gasteiger partial charge in [-0.3, -0.25) is 0 Å². The lowest BCUT2D eigenvalue weighted by molar-refractivity contribution is 0.438. The van der Waals surface area contributed by atoms with Crippen LogP contribution in [0.5, 0.6) is 28.7 Å². The van der Waals surface area contributed by atoms with Crippen LogP contribution in [0.15, 0.2) is 185 Å². The highest BCUT2D eigenvalue weighted by molar-refractivity contribution is 7.78. The summed E-state index contributed by atoms with van der Waals surface area (Å²) in [6, 6.07) is 40.2. The molecule has 5 aromatic carbocycles. The molecule has 0 spiro atoms. The van der Waals surface area contributed by atoms with Crippen molar-refractivity contribution >= 4 is 23.0 Å². The lowest BCUT2D eigenvalue weighted by Crippen LogP contribution is -2.10. The van der Waals surface area contributed by atoms with Gasteiger partial charge in [0.15, 0.2) is 0 Å². The third-order valence-electron chi connectivity index (χ3n) is 7.29. The summed E-state index contributed by atoms with van der Waals surface area (Å²) in [5.41, 5.74) is 2.38. The summed E-state index contributed by atoms with van der Waals surface area (Å²) in [7, 11) is -12.4. The molecule has 0 aromatic heterocycles. The standard InChI is InChI=1S/C39H38N3O6P3/c1-4-19-32-22-13-16-29-37(32)46-49(43)40-50(44-35-25-9-7-10-26-35,47-38-30-17-14-23-33(38)20-5-2)42-51(41-49,45-36-27-11-8-12-28-36)48-39-31-18-15-24-34(39)21-6-3/h4-18,22-31,43H,1-3,19-21H2.